The quantitative estimate of drug-likeness (QED) is 0.849. The SMILES string of the molecule is Cc1ncsc1CN1CC[C@]2(C[C@H](Oc3ncccc3F)CO2)C1. The van der Waals surface area contributed by atoms with E-state index in [0.29, 0.717) is 6.61 Å². The summed E-state index contributed by atoms with van der Waals surface area (Å²) in [5.74, 6) is -0.356. The van der Waals surface area contributed by atoms with E-state index in [-0.39, 0.29) is 17.6 Å². The lowest BCUT2D eigenvalue weighted by Crippen LogP contribution is -2.33. The Kier molecular flexibility index (Phi) is 4.24. The van der Waals surface area contributed by atoms with Crippen molar-refractivity contribution in [1.82, 2.24) is 14.9 Å². The third kappa shape index (κ3) is 3.16. The zero-order valence-electron chi connectivity index (χ0n) is 13.6. The highest BCUT2D eigenvalue weighted by molar-refractivity contribution is 7.09. The number of ether oxygens (including phenoxy) is 2. The zero-order chi connectivity index (χ0) is 16.6. The topological polar surface area (TPSA) is 47.5 Å². The molecule has 0 unspecified atom stereocenters. The number of halogens is 1. The maximum absolute atomic E-state index is 13.7. The fraction of sp³-hybridized carbons (Fsp3) is 0.529. The van der Waals surface area contributed by atoms with Crippen LogP contribution in [0.1, 0.15) is 23.4 Å². The van der Waals surface area contributed by atoms with Gasteiger partial charge in [-0.05, 0) is 25.5 Å². The van der Waals surface area contributed by atoms with Gasteiger partial charge in [-0.1, -0.05) is 0 Å². The summed E-state index contributed by atoms with van der Waals surface area (Å²) in [6.07, 6.45) is 3.16. The van der Waals surface area contributed by atoms with E-state index in [4.69, 9.17) is 9.47 Å². The summed E-state index contributed by atoms with van der Waals surface area (Å²) in [6.45, 7) is 5.34. The number of likely N-dealkylation sites (tertiary alicyclic amines) is 1. The van der Waals surface area contributed by atoms with Gasteiger partial charge >= 0.3 is 0 Å². The van der Waals surface area contributed by atoms with Crippen molar-refractivity contribution in [3.05, 3.63) is 40.2 Å². The number of pyridine rings is 1. The second-order valence-electron chi connectivity index (χ2n) is 6.55. The lowest BCUT2D eigenvalue weighted by atomic mass is 9.98. The van der Waals surface area contributed by atoms with Gasteiger partial charge in [-0.25, -0.2) is 14.4 Å². The van der Waals surface area contributed by atoms with E-state index in [0.717, 1.165) is 38.2 Å². The van der Waals surface area contributed by atoms with Crippen LogP contribution in [0.5, 0.6) is 5.88 Å². The van der Waals surface area contributed by atoms with Crippen LogP contribution in [-0.4, -0.2) is 46.3 Å². The van der Waals surface area contributed by atoms with Crippen LogP contribution in [0, 0.1) is 12.7 Å². The molecule has 2 aliphatic rings. The maximum atomic E-state index is 13.7. The Morgan fingerprint density at radius 2 is 2.42 bits per heavy atom. The first-order chi connectivity index (χ1) is 11.6. The molecule has 2 aliphatic heterocycles. The van der Waals surface area contributed by atoms with Crippen molar-refractivity contribution in [2.45, 2.75) is 38.0 Å². The standard InChI is InChI=1S/C17H20FN3O2S/c1-12-15(24-11-20-12)8-21-6-4-17(10-21)7-13(9-22-17)23-16-14(18)3-2-5-19-16/h2-3,5,11,13H,4,6-10H2,1H3/t13-,17-/m0/s1. The molecule has 0 amide bonds. The third-order valence-electron chi connectivity index (χ3n) is 4.79. The van der Waals surface area contributed by atoms with Gasteiger partial charge < -0.3 is 9.47 Å². The number of aryl methyl sites for hydroxylation is 1. The Bertz CT molecular complexity index is 725. The van der Waals surface area contributed by atoms with Gasteiger partial charge in [-0.2, -0.15) is 0 Å². The van der Waals surface area contributed by atoms with Crippen LogP contribution >= 0.6 is 11.3 Å². The smallest absolute Gasteiger partial charge is 0.250 e. The van der Waals surface area contributed by atoms with Crippen molar-refractivity contribution in [3.63, 3.8) is 0 Å². The first kappa shape index (κ1) is 15.9. The summed E-state index contributed by atoms with van der Waals surface area (Å²) >= 11 is 1.70. The second kappa shape index (κ2) is 6.38. The molecule has 2 aromatic heterocycles. The fourth-order valence-electron chi connectivity index (χ4n) is 3.52. The van der Waals surface area contributed by atoms with Crippen LogP contribution in [0.15, 0.2) is 23.8 Å². The Balaban J connectivity index is 1.36. The van der Waals surface area contributed by atoms with E-state index in [1.165, 1.54) is 10.9 Å². The molecular weight excluding hydrogens is 329 g/mol. The van der Waals surface area contributed by atoms with E-state index in [1.54, 1.807) is 23.6 Å². The molecule has 2 atom stereocenters. The molecule has 128 valence electrons. The Hall–Kier alpha value is -1.57. The number of nitrogens with zero attached hydrogens (tertiary/aromatic N) is 3. The van der Waals surface area contributed by atoms with Crippen molar-refractivity contribution < 1.29 is 13.9 Å². The van der Waals surface area contributed by atoms with E-state index < -0.39 is 5.82 Å². The number of rotatable bonds is 4. The van der Waals surface area contributed by atoms with Gasteiger partial charge in [-0.15, -0.1) is 11.3 Å². The molecule has 7 heteroatoms. The Morgan fingerprint density at radius 3 is 3.21 bits per heavy atom. The minimum Gasteiger partial charge on any atom is -0.470 e. The van der Waals surface area contributed by atoms with Gasteiger partial charge in [0.1, 0.15) is 6.10 Å². The van der Waals surface area contributed by atoms with Crippen LogP contribution in [0.25, 0.3) is 0 Å². The third-order valence-corrected chi connectivity index (χ3v) is 5.71. The van der Waals surface area contributed by atoms with Gasteiger partial charge in [-0.3, -0.25) is 4.90 Å². The van der Waals surface area contributed by atoms with Gasteiger partial charge in [0.15, 0.2) is 5.82 Å². The number of aromatic nitrogens is 2. The van der Waals surface area contributed by atoms with Crippen molar-refractivity contribution in [2.75, 3.05) is 19.7 Å². The molecule has 0 bridgehead atoms. The zero-order valence-corrected chi connectivity index (χ0v) is 14.4. The van der Waals surface area contributed by atoms with E-state index in [1.807, 2.05) is 5.51 Å². The minimum atomic E-state index is -0.424. The monoisotopic (exact) mass is 349 g/mol. The van der Waals surface area contributed by atoms with Crippen molar-refractivity contribution in [2.24, 2.45) is 0 Å². The number of hydrogen-bond donors (Lipinski definition) is 0. The van der Waals surface area contributed by atoms with Crippen LogP contribution in [0.2, 0.25) is 0 Å². The highest BCUT2D eigenvalue weighted by Gasteiger charge is 2.46. The van der Waals surface area contributed by atoms with Crippen LogP contribution in [0.4, 0.5) is 4.39 Å². The molecule has 2 aromatic rings. The molecule has 24 heavy (non-hydrogen) atoms. The molecule has 1 spiro atoms. The average Bonchev–Trinajstić information content (AvgIpc) is 3.26. The predicted octanol–water partition coefficient (Wildman–Crippen LogP) is 2.80. The molecule has 0 aromatic carbocycles. The summed E-state index contributed by atoms with van der Waals surface area (Å²) < 4.78 is 25.5. The summed E-state index contributed by atoms with van der Waals surface area (Å²) in [5.41, 5.74) is 2.84. The van der Waals surface area contributed by atoms with E-state index in [9.17, 15) is 4.39 Å². The van der Waals surface area contributed by atoms with Crippen LogP contribution < -0.4 is 4.74 Å². The first-order valence-corrected chi connectivity index (χ1v) is 9.04. The summed E-state index contributed by atoms with van der Waals surface area (Å²) in [5, 5.41) is 0. The lowest BCUT2D eigenvalue weighted by molar-refractivity contribution is 0.00919. The molecule has 4 heterocycles. The van der Waals surface area contributed by atoms with Crippen molar-refractivity contribution in [1.29, 1.82) is 0 Å². The summed E-state index contributed by atoms with van der Waals surface area (Å²) in [6, 6.07) is 2.92. The molecule has 2 saturated heterocycles. The number of hydrogen-bond acceptors (Lipinski definition) is 6. The molecule has 5 nitrogen and oxygen atoms in total. The Morgan fingerprint density at radius 1 is 1.50 bits per heavy atom. The van der Waals surface area contributed by atoms with E-state index in [2.05, 4.69) is 21.8 Å². The average molecular weight is 349 g/mol. The highest BCUT2D eigenvalue weighted by atomic mass is 32.1. The van der Waals surface area contributed by atoms with Gasteiger partial charge in [0.05, 0.1) is 23.4 Å². The molecule has 2 fully saturated rings. The van der Waals surface area contributed by atoms with Crippen LogP contribution in [-0.2, 0) is 11.3 Å². The predicted molar refractivity (Wildman–Crippen MR) is 88.7 cm³/mol. The summed E-state index contributed by atoms with van der Waals surface area (Å²) in [7, 11) is 0. The lowest BCUT2D eigenvalue weighted by Gasteiger charge is -2.23. The molecule has 0 N–H and O–H groups in total. The molecule has 0 radical (unpaired) electrons. The summed E-state index contributed by atoms with van der Waals surface area (Å²) in [4.78, 5) is 12.0. The van der Waals surface area contributed by atoms with Crippen LogP contribution in [0.3, 0.4) is 0 Å². The first-order valence-electron chi connectivity index (χ1n) is 8.16. The largest absolute Gasteiger partial charge is 0.470 e. The molecule has 4 rings (SSSR count). The molecule has 0 aliphatic carbocycles. The van der Waals surface area contributed by atoms with Gasteiger partial charge in [0.2, 0.25) is 0 Å². The molecule has 0 saturated carbocycles. The van der Waals surface area contributed by atoms with Gasteiger partial charge in [0.25, 0.3) is 5.88 Å². The minimum absolute atomic E-state index is 0.0679. The fourth-order valence-corrected chi connectivity index (χ4v) is 4.34. The molecular formula is C17H20FN3O2S. The highest BCUT2D eigenvalue weighted by Crippen LogP contribution is 2.37. The van der Waals surface area contributed by atoms with Crippen molar-refractivity contribution >= 4 is 11.3 Å². The number of thiazole rings is 1. The second-order valence-corrected chi connectivity index (χ2v) is 7.49. The maximum Gasteiger partial charge on any atom is 0.250 e. The van der Waals surface area contributed by atoms with Crippen molar-refractivity contribution in [3.8, 4) is 5.88 Å². The van der Waals surface area contributed by atoms with E-state index >= 15 is 0 Å². The normalized spacial score (nSPS) is 27.2. The van der Waals surface area contributed by atoms with Gasteiger partial charge in [0, 0.05) is 37.1 Å². The Labute approximate surface area is 144 Å².